The zero-order valence-electron chi connectivity index (χ0n) is 14.1. The Morgan fingerprint density at radius 2 is 1.71 bits per heavy atom. The minimum Gasteiger partial charge on any atom is -0.468 e. The van der Waals surface area contributed by atoms with E-state index in [1.807, 2.05) is 30.3 Å². The van der Waals surface area contributed by atoms with Gasteiger partial charge in [0.05, 0.1) is 20.3 Å². The van der Waals surface area contributed by atoms with E-state index in [2.05, 4.69) is 10.1 Å². The van der Waals surface area contributed by atoms with Gasteiger partial charge in [-0.25, -0.2) is 4.79 Å². The van der Waals surface area contributed by atoms with Crippen LogP contribution in [0.15, 0.2) is 30.3 Å². The van der Waals surface area contributed by atoms with Gasteiger partial charge >= 0.3 is 12.1 Å². The third kappa shape index (κ3) is 6.00. The van der Waals surface area contributed by atoms with Gasteiger partial charge in [0, 0.05) is 7.11 Å². The number of methoxy groups -OCH3 is 3. The van der Waals surface area contributed by atoms with E-state index in [9.17, 15) is 14.4 Å². The standard InChI is InChI=1S/C17H23NO6/c1-22-11-14(19)15(16(20)23-2)13(18-17(21)24-3)10-9-12-7-5-4-6-8-12/h4-8,13,15H,9-11H2,1-3H3,(H,18,21). The number of Topliss-reactive ketones (excluding diaryl/α,β-unsaturated/α-hetero) is 1. The summed E-state index contributed by atoms with van der Waals surface area (Å²) >= 11 is 0. The number of esters is 1. The van der Waals surface area contributed by atoms with Crippen LogP contribution in [0.4, 0.5) is 4.79 Å². The summed E-state index contributed by atoms with van der Waals surface area (Å²) in [4.78, 5) is 35.9. The maximum atomic E-state index is 12.2. The van der Waals surface area contributed by atoms with Gasteiger partial charge in [-0.15, -0.1) is 0 Å². The third-order valence-corrected chi connectivity index (χ3v) is 3.57. The largest absolute Gasteiger partial charge is 0.468 e. The molecule has 7 heteroatoms. The van der Waals surface area contributed by atoms with E-state index >= 15 is 0 Å². The second kappa shape index (κ2) is 10.4. The number of benzene rings is 1. The quantitative estimate of drug-likeness (QED) is 0.540. The number of ketones is 1. The van der Waals surface area contributed by atoms with Crippen molar-refractivity contribution in [1.82, 2.24) is 5.32 Å². The number of nitrogens with one attached hydrogen (secondary N) is 1. The molecule has 0 radical (unpaired) electrons. The molecule has 1 rings (SSSR count). The van der Waals surface area contributed by atoms with Crippen LogP contribution in [0, 0.1) is 5.92 Å². The van der Waals surface area contributed by atoms with E-state index in [1.165, 1.54) is 21.3 Å². The monoisotopic (exact) mass is 337 g/mol. The summed E-state index contributed by atoms with van der Waals surface area (Å²) in [5.74, 6) is -2.33. The summed E-state index contributed by atoms with van der Waals surface area (Å²) in [6.07, 6.45) is 0.226. The van der Waals surface area contributed by atoms with Crippen molar-refractivity contribution in [2.75, 3.05) is 27.9 Å². The Hall–Kier alpha value is -2.41. The predicted octanol–water partition coefficient (Wildman–Crippen LogP) is 1.35. The number of alkyl carbamates (subject to hydrolysis) is 1. The zero-order chi connectivity index (χ0) is 17.9. The molecule has 0 bridgehead atoms. The first-order valence-corrected chi connectivity index (χ1v) is 7.51. The summed E-state index contributed by atoms with van der Waals surface area (Å²) < 4.78 is 14.1. The third-order valence-electron chi connectivity index (χ3n) is 3.57. The van der Waals surface area contributed by atoms with E-state index in [0.717, 1.165) is 5.56 Å². The van der Waals surface area contributed by atoms with E-state index in [4.69, 9.17) is 9.47 Å². The molecule has 1 aromatic carbocycles. The first-order valence-electron chi connectivity index (χ1n) is 7.51. The smallest absolute Gasteiger partial charge is 0.407 e. The lowest BCUT2D eigenvalue weighted by Crippen LogP contribution is -2.48. The van der Waals surface area contributed by atoms with Gasteiger partial charge in [-0.2, -0.15) is 0 Å². The molecule has 0 aliphatic rings. The van der Waals surface area contributed by atoms with Gasteiger partial charge in [-0.05, 0) is 18.4 Å². The van der Waals surface area contributed by atoms with E-state index in [-0.39, 0.29) is 6.61 Å². The molecule has 0 fully saturated rings. The van der Waals surface area contributed by atoms with Gasteiger partial charge in [0.15, 0.2) is 5.78 Å². The number of carbonyl (C=O) groups excluding carboxylic acids is 3. The lowest BCUT2D eigenvalue weighted by atomic mass is 9.90. The molecule has 0 aliphatic heterocycles. The van der Waals surface area contributed by atoms with Crippen molar-refractivity contribution in [3.8, 4) is 0 Å². The van der Waals surface area contributed by atoms with Crippen LogP contribution in [0.2, 0.25) is 0 Å². The summed E-state index contributed by atoms with van der Waals surface area (Å²) in [7, 11) is 3.77. The highest BCUT2D eigenvalue weighted by Crippen LogP contribution is 2.16. The zero-order valence-corrected chi connectivity index (χ0v) is 14.1. The topological polar surface area (TPSA) is 90.9 Å². The summed E-state index contributed by atoms with van der Waals surface area (Å²) in [6, 6.07) is 8.79. The molecule has 0 spiro atoms. The van der Waals surface area contributed by atoms with Crippen LogP contribution in [-0.2, 0) is 30.2 Å². The van der Waals surface area contributed by atoms with Crippen molar-refractivity contribution >= 4 is 17.8 Å². The van der Waals surface area contributed by atoms with Crippen molar-refractivity contribution in [3.05, 3.63) is 35.9 Å². The second-order valence-corrected chi connectivity index (χ2v) is 5.17. The lowest BCUT2D eigenvalue weighted by Gasteiger charge is -2.24. The Morgan fingerprint density at radius 1 is 1.04 bits per heavy atom. The van der Waals surface area contributed by atoms with E-state index < -0.39 is 29.8 Å². The van der Waals surface area contributed by atoms with Crippen LogP contribution >= 0.6 is 0 Å². The number of aryl methyl sites for hydroxylation is 1. The number of hydrogen-bond donors (Lipinski definition) is 1. The van der Waals surface area contributed by atoms with E-state index in [0.29, 0.717) is 12.8 Å². The van der Waals surface area contributed by atoms with Crippen LogP contribution in [0.1, 0.15) is 12.0 Å². The highest BCUT2D eigenvalue weighted by atomic mass is 16.5. The lowest BCUT2D eigenvalue weighted by molar-refractivity contribution is -0.151. The Bertz CT molecular complexity index is 545. The molecule has 0 heterocycles. The fourth-order valence-electron chi connectivity index (χ4n) is 2.38. The van der Waals surface area contributed by atoms with Gasteiger partial charge < -0.3 is 19.5 Å². The molecule has 24 heavy (non-hydrogen) atoms. The molecule has 0 saturated carbocycles. The Morgan fingerprint density at radius 3 is 2.25 bits per heavy atom. The molecule has 0 aromatic heterocycles. The molecule has 2 atom stereocenters. The number of rotatable bonds is 9. The van der Waals surface area contributed by atoms with Gasteiger partial charge in [0.2, 0.25) is 0 Å². The fraction of sp³-hybridized carbons (Fsp3) is 0.471. The molecule has 1 N–H and O–H groups in total. The highest BCUT2D eigenvalue weighted by Gasteiger charge is 2.36. The molecule has 7 nitrogen and oxygen atoms in total. The van der Waals surface area contributed by atoms with Gasteiger partial charge in [-0.3, -0.25) is 9.59 Å². The number of amides is 1. The van der Waals surface area contributed by atoms with Crippen molar-refractivity contribution in [2.24, 2.45) is 5.92 Å². The molecular formula is C17H23NO6. The fourth-order valence-corrected chi connectivity index (χ4v) is 2.38. The summed E-state index contributed by atoms with van der Waals surface area (Å²) in [5, 5.41) is 2.55. The van der Waals surface area contributed by atoms with Gasteiger partial charge in [0.25, 0.3) is 0 Å². The van der Waals surface area contributed by atoms with Gasteiger partial charge in [-0.1, -0.05) is 30.3 Å². The SMILES string of the molecule is COCC(=O)C(C(=O)OC)C(CCc1ccccc1)NC(=O)OC. The minimum atomic E-state index is -1.15. The molecule has 132 valence electrons. The number of carbonyl (C=O) groups is 3. The maximum Gasteiger partial charge on any atom is 0.407 e. The Balaban J connectivity index is 2.95. The molecule has 1 amide bonds. The van der Waals surface area contributed by atoms with Crippen molar-refractivity contribution < 1.29 is 28.6 Å². The average Bonchev–Trinajstić information content (AvgIpc) is 2.60. The van der Waals surface area contributed by atoms with Crippen molar-refractivity contribution in [2.45, 2.75) is 18.9 Å². The van der Waals surface area contributed by atoms with Crippen LogP contribution < -0.4 is 5.32 Å². The maximum absolute atomic E-state index is 12.2. The van der Waals surface area contributed by atoms with E-state index in [1.54, 1.807) is 0 Å². The van der Waals surface area contributed by atoms with Crippen molar-refractivity contribution in [3.63, 3.8) is 0 Å². The molecule has 0 aliphatic carbocycles. The molecule has 2 unspecified atom stereocenters. The van der Waals surface area contributed by atoms with Crippen LogP contribution in [0.5, 0.6) is 0 Å². The predicted molar refractivity (Wildman–Crippen MR) is 86.5 cm³/mol. The first kappa shape index (κ1) is 19.6. The summed E-state index contributed by atoms with van der Waals surface area (Å²) in [6.45, 7) is -0.246. The number of hydrogen-bond acceptors (Lipinski definition) is 6. The second-order valence-electron chi connectivity index (χ2n) is 5.17. The minimum absolute atomic E-state index is 0.246. The highest BCUT2D eigenvalue weighted by molar-refractivity contribution is 6.00. The molecule has 1 aromatic rings. The normalized spacial score (nSPS) is 12.8. The number of ether oxygens (including phenoxy) is 3. The average molecular weight is 337 g/mol. The Kier molecular flexibility index (Phi) is 8.49. The van der Waals surface area contributed by atoms with Gasteiger partial charge in [0.1, 0.15) is 12.5 Å². The van der Waals surface area contributed by atoms with Crippen LogP contribution in [0.25, 0.3) is 0 Å². The molecular weight excluding hydrogens is 314 g/mol. The van der Waals surface area contributed by atoms with Crippen molar-refractivity contribution in [1.29, 1.82) is 0 Å². The first-order chi connectivity index (χ1) is 11.5. The summed E-state index contributed by atoms with van der Waals surface area (Å²) in [5.41, 5.74) is 1.02. The van der Waals surface area contributed by atoms with Crippen LogP contribution in [-0.4, -0.2) is 51.8 Å². The molecule has 0 saturated heterocycles. The Labute approximate surface area is 141 Å². The van der Waals surface area contributed by atoms with Crippen LogP contribution in [0.3, 0.4) is 0 Å².